The molecule has 25 heavy (non-hydrogen) atoms. The van der Waals surface area contributed by atoms with Crippen molar-refractivity contribution in [2.24, 2.45) is 0 Å². The number of nitrogens with one attached hydrogen (secondary N) is 2. The number of methoxy groups -OCH3 is 2. The number of fused-ring (bicyclic) bond motifs is 1. The van der Waals surface area contributed by atoms with Gasteiger partial charge in [-0.15, -0.1) is 0 Å². The Morgan fingerprint density at radius 3 is 2.84 bits per heavy atom. The third kappa shape index (κ3) is 2.96. The van der Waals surface area contributed by atoms with Gasteiger partial charge in [0.15, 0.2) is 17.3 Å². The number of benzene rings is 1. The van der Waals surface area contributed by atoms with E-state index in [-0.39, 0.29) is 5.92 Å². The minimum atomic E-state index is 0.213. The summed E-state index contributed by atoms with van der Waals surface area (Å²) >= 11 is 0. The van der Waals surface area contributed by atoms with Gasteiger partial charge in [0.2, 0.25) is 0 Å². The highest BCUT2D eigenvalue weighted by molar-refractivity contribution is 5.87. The molecule has 0 saturated carbocycles. The topological polar surface area (TPSA) is 94.2 Å². The van der Waals surface area contributed by atoms with Crippen LogP contribution in [0.15, 0.2) is 24.4 Å². The normalized spacial score (nSPS) is 17.0. The quantitative estimate of drug-likeness (QED) is 0.736. The standard InChI is InChI=1S/C17H19N5O3/c1-23-13-4-3-11(7-14(13)24-2)19-17-15-12(8-18-22-15)20-16(21-17)10-5-6-25-9-10/h3-4,7-8,10H,5-6,9H2,1-2H3,(H,18,22)(H,19,20,21). The highest BCUT2D eigenvalue weighted by Gasteiger charge is 2.22. The molecule has 3 heterocycles. The van der Waals surface area contributed by atoms with Gasteiger partial charge in [-0.2, -0.15) is 5.10 Å². The summed E-state index contributed by atoms with van der Waals surface area (Å²) < 4.78 is 16.1. The van der Waals surface area contributed by atoms with E-state index in [1.54, 1.807) is 20.4 Å². The summed E-state index contributed by atoms with van der Waals surface area (Å²) in [4.78, 5) is 9.31. The molecule has 0 radical (unpaired) electrons. The fourth-order valence-electron chi connectivity index (χ4n) is 2.92. The SMILES string of the molecule is COc1ccc(Nc2nc(C3CCOC3)nc3cn[nH]c23)cc1OC. The number of rotatable bonds is 5. The lowest BCUT2D eigenvalue weighted by atomic mass is 10.1. The van der Waals surface area contributed by atoms with Gasteiger partial charge in [0, 0.05) is 24.3 Å². The number of hydrogen-bond acceptors (Lipinski definition) is 7. The van der Waals surface area contributed by atoms with E-state index in [0.29, 0.717) is 23.9 Å². The Kier molecular flexibility index (Phi) is 4.10. The number of H-pyrrole nitrogens is 1. The lowest BCUT2D eigenvalue weighted by Gasteiger charge is -2.13. The first-order valence-electron chi connectivity index (χ1n) is 8.06. The zero-order valence-corrected chi connectivity index (χ0v) is 14.1. The molecule has 0 bridgehead atoms. The number of aromatic amines is 1. The number of hydrogen-bond donors (Lipinski definition) is 2. The monoisotopic (exact) mass is 341 g/mol. The van der Waals surface area contributed by atoms with Crippen LogP contribution in [0.5, 0.6) is 11.5 Å². The number of nitrogens with zero attached hydrogens (tertiary/aromatic N) is 3. The minimum Gasteiger partial charge on any atom is -0.493 e. The van der Waals surface area contributed by atoms with Crippen LogP contribution in [0, 0.1) is 0 Å². The molecule has 0 spiro atoms. The van der Waals surface area contributed by atoms with E-state index in [4.69, 9.17) is 19.2 Å². The molecule has 130 valence electrons. The second-order valence-electron chi connectivity index (χ2n) is 5.82. The second kappa shape index (κ2) is 6.56. The molecule has 0 amide bonds. The average molecular weight is 341 g/mol. The molecule has 4 rings (SSSR count). The lowest BCUT2D eigenvalue weighted by molar-refractivity contribution is 0.193. The van der Waals surface area contributed by atoms with E-state index < -0.39 is 0 Å². The van der Waals surface area contributed by atoms with Crippen molar-refractivity contribution in [1.82, 2.24) is 20.2 Å². The van der Waals surface area contributed by atoms with E-state index in [1.165, 1.54) is 0 Å². The summed E-state index contributed by atoms with van der Waals surface area (Å²) in [6.07, 6.45) is 2.63. The van der Waals surface area contributed by atoms with Crippen LogP contribution in [0.25, 0.3) is 11.0 Å². The third-order valence-electron chi connectivity index (χ3n) is 4.26. The molecule has 1 aromatic carbocycles. The van der Waals surface area contributed by atoms with Gasteiger partial charge in [-0.3, -0.25) is 5.10 Å². The molecule has 8 nitrogen and oxygen atoms in total. The van der Waals surface area contributed by atoms with Gasteiger partial charge in [-0.05, 0) is 18.6 Å². The smallest absolute Gasteiger partial charge is 0.162 e. The Balaban J connectivity index is 1.72. The summed E-state index contributed by atoms with van der Waals surface area (Å²) in [5, 5.41) is 10.4. The Morgan fingerprint density at radius 1 is 1.20 bits per heavy atom. The van der Waals surface area contributed by atoms with E-state index in [1.807, 2.05) is 18.2 Å². The van der Waals surface area contributed by atoms with Crippen molar-refractivity contribution in [3.63, 3.8) is 0 Å². The summed E-state index contributed by atoms with van der Waals surface area (Å²) in [7, 11) is 3.22. The van der Waals surface area contributed by atoms with Gasteiger partial charge in [-0.25, -0.2) is 9.97 Å². The van der Waals surface area contributed by atoms with Crippen LogP contribution in [-0.4, -0.2) is 47.6 Å². The lowest BCUT2D eigenvalue weighted by Crippen LogP contribution is -2.07. The zero-order valence-electron chi connectivity index (χ0n) is 14.1. The van der Waals surface area contributed by atoms with Crippen LogP contribution in [0.1, 0.15) is 18.2 Å². The molecule has 2 aromatic heterocycles. The Bertz CT molecular complexity index is 889. The van der Waals surface area contributed by atoms with E-state index in [9.17, 15) is 0 Å². The van der Waals surface area contributed by atoms with Crippen molar-refractivity contribution in [2.75, 3.05) is 32.8 Å². The predicted octanol–water partition coefficient (Wildman–Crippen LogP) is 2.62. The molecule has 1 fully saturated rings. The van der Waals surface area contributed by atoms with Gasteiger partial charge in [0.25, 0.3) is 0 Å². The maximum atomic E-state index is 5.46. The van der Waals surface area contributed by atoms with Crippen LogP contribution < -0.4 is 14.8 Å². The maximum Gasteiger partial charge on any atom is 0.162 e. The largest absolute Gasteiger partial charge is 0.493 e. The molecule has 1 atom stereocenters. The van der Waals surface area contributed by atoms with Gasteiger partial charge in [0.1, 0.15) is 16.9 Å². The first-order chi connectivity index (χ1) is 12.3. The molecule has 1 unspecified atom stereocenters. The van der Waals surface area contributed by atoms with Crippen molar-refractivity contribution in [2.45, 2.75) is 12.3 Å². The van der Waals surface area contributed by atoms with Crippen molar-refractivity contribution < 1.29 is 14.2 Å². The second-order valence-corrected chi connectivity index (χ2v) is 5.82. The van der Waals surface area contributed by atoms with E-state index in [0.717, 1.165) is 35.6 Å². The van der Waals surface area contributed by atoms with E-state index in [2.05, 4.69) is 20.5 Å². The number of aromatic nitrogens is 4. The molecule has 0 aliphatic carbocycles. The van der Waals surface area contributed by atoms with Crippen LogP contribution in [0.2, 0.25) is 0 Å². The van der Waals surface area contributed by atoms with Gasteiger partial charge in [0.05, 0.1) is 27.0 Å². The minimum absolute atomic E-state index is 0.213. The van der Waals surface area contributed by atoms with Crippen LogP contribution in [0.3, 0.4) is 0 Å². The molecule has 1 aliphatic heterocycles. The van der Waals surface area contributed by atoms with E-state index >= 15 is 0 Å². The first kappa shape index (κ1) is 15.6. The van der Waals surface area contributed by atoms with Gasteiger partial charge >= 0.3 is 0 Å². The Morgan fingerprint density at radius 2 is 2.08 bits per heavy atom. The van der Waals surface area contributed by atoms with Crippen molar-refractivity contribution in [3.05, 3.63) is 30.2 Å². The molecule has 1 aliphatic rings. The third-order valence-corrected chi connectivity index (χ3v) is 4.26. The molecule has 1 saturated heterocycles. The fourth-order valence-corrected chi connectivity index (χ4v) is 2.92. The average Bonchev–Trinajstić information content (AvgIpc) is 3.33. The maximum absolute atomic E-state index is 5.46. The fraction of sp³-hybridized carbons (Fsp3) is 0.353. The molecule has 8 heteroatoms. The van der Waals surface area contributed by atoms with Gasteiger partial charge < -0.3 is 19.5 Å². The van der Waals surface area contributed by atoms with Crippen LogP contribution >= 0.6 is 0 Å². The van der Waals surface area contributed by atoms with Crippen LogP contribution in [-0.2, 0) is 4.74 Å². The van der Waals surface area contributed by atoms with Gasteiger partial charge in [-0.1, -0.05) is 0 Å². The Hall–Kier alpha value is -2.87. The number of ether oxygens (including phenoxy) is 3. The molecular weight excluding hydrogens is 322 g/mol. The predicted molar refractivity (Wildman–Crippen MR) is 92.7 cm³/mol. The molecule has 3 aromatic rings. The highest BCUT2D eigenvalue weighted by Crippen LogP contribution is 2.32. The van der Waals surface area contributed by atoms with Crippen molar-refractivity contribution >= 4 is 22.5 Å². The first-order valence-corrected chi connectivity index (χ1v) is 8.06. The summed E-state index contributed by atoms with van der Waals surface area (Å²) in [6, 6.07) is 5.61. The highest BCUT2D eigenvalue weighted by atomic mass is 16.5. The van der Waals surface area contributed by atoms with Crippen molar-refractivity contribution in [1.29, 1.82) is 0 Å². The molecular formula is C17H19N5O3. The zero-order chi connectivity index (χ0) is 17.2. The summed E-state index contributed by atoms with van der Waals surface area (Å²) in [5.41, 5.74) is 2.37. The number of anilines is 2. The summed E-state index contributed by atoms with van der Waals surface area (Å²) in [5.74, 6) is 2.98. The molecule has 2 N–H and O–H groups in total. The Labute approximate surface area is 144 Å². The van der Waals surface area contributed by atoms with Crippen molar-refractivity contribution in [3.8, 4) is 11.5 Å². The summed E-state index contributed by atoms with van der Waals surface area (Å²) in [6.45, 7) is 1.40. The van der Waals surface area contributed by atoms with Crippen LogP contribution in [0.4, 0.5) is 11.5 Å².